The van der Waals surface area contributed by atoms with Gasteiger partial charge in [-0.3, -0.25) is 0 Å². The van der Waals surface area contributed by atoms with E-state index in [0.717, 1.165) is 55.4 Å². The van der Waals surface area contributed by atoms with Crippen molar-refractivity contribution in [3.63, 3.8) is 0 Å². The SMILES string of the molecule is N#Cc1c(-n2c3ccccc3c3cc4sc5ccccc5c4cc32)cccc1-n1c2ccccc2c2cc3c(cc21)c1ccccc1n3-c1ccccc1. The number of para-hydroxylation sites is 4. The Morgan fingerprint density at radius 1 is 0.352 bits per heavy atom. The summed E-state index contributed by atoms with van der Waals surface area (Å²) in [7, 11) is 0. The molecule has 0 aliphatic heterocycles. The molecule has 0 spiro atoms. The molecule has 0 amide bonds. The highest BCUT2D eigenvalue weighted by Gasteiger charge is 2.23. The van der Waals surface area contributed by atoms with Crippen LogP contribution in [0, 0.1) is 11.3 Å². The van der Waals surface area contributed by atoms with Gasteiger partial charge in [-0.25, -0.2) is 0 Å². The molecule has 4 nitrogen and oxygen atoms in total. The average molecular weight is 705 g/mol. The first kappa shape index (κ1) is 29.4. The van der Waals surface area contributed by atoms with Gasteiger partial charge in [0.25, 0.3) is 0 Å². The van der Waals surface area contributed by atoms with Crippen molar-refractivity contribution in [1.29, 1.82) is 5.26 Å². The van der Waals surface area contributed by atoms with Crippen LogP contribution in [0.4, 0.5) is 0 Å². The molecule has 12 rings (SSSR count). The molecule has 0 aliphatic rings. The summed E-state index contributed by atoms with van der Waals surface area (Å²) in [4.78, 5) is 0. The number of fused-ring (bicyclic) bond motifs is 12. The van der Waals surface area contributed by atoms with Crippen LogP contribution in [0.1, 0.15) is 5.56 Å². The van der Waals surface area contributed by atoms with E-state index in [1.165, 1.54) is 47.2 Å². The van der Waals surface area contributed by atoms with Crippen LogP contribution < -0.4 is 0 Å². The molecule has 4 aromatic heterocycles. The number of nitriles is 1. The van der Waals surface area contributed by atoms with E-state index in [4.69, 9.17) is 0 Å². The van der Waals surface area contributed by atoms with Crippen molar-refractivity contribution in [2.75, 3.05) is 0 Å². The van der Waals surface area contributed by atoms with Gasteiger partial charge in [-0.2, -0.15) is 5.26 Å². The molecule has 0 fully saturated rings. The summed E-state index contributed by atoms with van der Waals surface area (Å²) in [5.41, 5.74) is 10.1. The molecule has 4 heterocycles. The predicted octanol–water partition coefficient (Wildman–Crippen LogP) is 13.2. The van der Waals surface area contributed by atoms with Crippen LogP contribution >= 0.6 is 11.3 Å². The Bertz CT molecular complexity index is 3570. The van der Waals surface area contributed by atoms with Crippen molar-refractivity contribution < 1.29 is 0 Å². The Labute approximate surface area is 313 Å². The largest absolute Gasteiger partial charge is 0.309 e. The van der Waals surface area contributed by atoms with Crippen LogP contribution in [0.15, 0.2) is 170 Å². The fraction of sp³-hybridized carbons (Fsp3) is 0. The lowest BCUT2D eigenvalue weighted by atomic mass is 10.1. The summed E-state index contributed by atoms with van der Waals surface area (Å²) < 4.78 is 9.53. The number of thiophene rings is 1. The van der Waals surface area contributed by atoms with Gasteiger partial charge < -0.3 is 13.7 Å². The second kappa shape index (κ2) is 10.9. The third-order valence-electron chi connectivity index (χ3n) is 11.3. The molecule has 0 saturated carbocycles. The molecule has 0 unspecified atom stereocenters. The molecule has 0 bridgehead atoms. The van der Waals surface area contributed by atoms with E-state index in [1.807, 2.05) is 11.3 Å². The number of hydrogen-bond acceptors (Lipinski definition) is 2. The maximum atomic E-state index is 11.2. The van der Waals surface area contributed by atoms with Crippen molar-refractivity contribution in [1.82, 2.24) is 13.7 Å². The summed E-state index contributed by atoms with van der Waals surface area (Å²) in [6, 6.07) is 63.4. The van der Waals surface area contributed by atoms with Crippen molar-refractivity contribution in [3.05, 3.63) is 175 Å². The summed E-state index contributed by atoms with van der Waals surface area (Å²) in [5.74, 6) is 0. The normalized spacial score (nSPS) is 12.1. The number of benzene rings is 8. The van der Waals surface area contributed by atoms with Crippen LogP contribution in [0.3, 0.4) is 0 Å². The van der Waals surface area contributed by atoms with Crippen LogP contribution in [0.25, 0.3) is 103 Å². The molecule has 0 aliphatic carbocycles. The first-order valence-corrected chi connectivity index (χ1v) is 19.0. The van der Waals surface area contributed by atoms with Gasteiger partial charge >= 0.3 is 0 Å². The fourth-order valence-corrected chi connectivity index (χ4v) is 10.1. The Kier molecular flexibility index (Phi) is 5.97. The van der Waals surface area contributed by atoms with E-state index >= 15 is 0 Å². The van der Waals surface area contributed by atoms with Gasteiger partial charge in [-0.05, 0) is 72.8 Å². The van der Waals surface area contributed by atoms with Crippen LogP contribution in [-0.2, 0) is 0 Å². The molecule has 8 aromatic carbocycles. The number of hydrogen-bond donors (Lipinski definition) is 0. The minimum atomic E-state index is 0.630. The molecule has 0 atom stereocenters. The first-order chi connectivity index (χ1) is 26.8. The van der Waals surface area contributed by atoms with E-state index in [1.54, 1.807) is 0 Å². The molecule has 12 aromatic rings. The quantitative estimate of drug-likeness (QED) is 0.180. The van der Waals surface area contributed by atoms with E-state index in [9.17, 15) is 5.26 Å². The summed E-state index contributed by atoms with van der Waals surface area (Å²) in [6.45, 7) is 0. The van der Waals surface area contributed by atoms with Crippen molar-refractivity contribution in [2.24, 2.45) is 0 Å². The standard InChI is InChI=1S/C49H28N4S/c50-29-39-43(22-12-23-44(39)53-42-21-10-6-17-33(42)37-28-49-38(27-47(37)53)34-18-7-11-24-48(34)54-49)52-41-20-9-5-16-32(41)36-25-45-35(26-46(36)52)31-15-4-8-19-40(31)51(45)30-13-2-1-3-14-30/h1-28H. The van der Waals surface area contributed by atoms with Gasteiger partial charge in [0.05, 0.1) is 44.5 Å². The first-order valence-electron chi connectivity index (χ1n) is 18.2. The monoisotopic (exact) mass is 704 g/mol. The molecule has 250 valence electrons. The van der Waals surface area contributed by atoms with Crippen molar-refractivity contribution >= 4 is 96.9 Å². The zero-order chi connectivity index (χ0) is 35.5. The molecule has 54 heavy (non-hydrogen) atoms. The number of rotatable bonds is 3. The van der Waals surface area contributed by atoms with Gasteiger partial charge in [0, 0.05) is 58.2 Å². The molecule has 5 heteroatoms. The Hall–Kier alpha value is -7.13. The topological polar surface area (TPSA) is 38.6 Å². The van der Waals surface area contributed by atoms with E-state index < -0.39 is 0 Å². The van der Waals surface area contributed by atoms with Gasteiger partial charge in [0.1, 0.15) is 11.6 Å². The predicted molar refractivity (Wildman–Crippen MR) is 227 cm³/mol. The Morgan fingerprint density at radius 2 is 0.815 bits per heavy atom. The van der Waals surface area contributed by atoms with Crippen molar-refractivity contribution in [3.8, 4) is 23.1 Å². The van der Waals surface area contributed by atoms with E-state index in [2.05, 4.69) is 190 Å². The second-order valence-electron chi connectivity index (χ2n) is 14.0. The summed E-state index contributed by atoms with van der Waals surface area (Å²) in [5, 5.41) is 20.8. The minimum absolute atomic E-state index is 0.630. The highest BCUT2D eigenvalue weighted by molar-refractivity contribution is 7.25. The van der Waals surface area contributed by atoms with Gasteiger partial charge in [0.15, 0.2) is 0 Å². The van der Waals surface area contributed by atoms with Crippen molar-refractivity contribution in [2.45, 2.75) is 0 Å². The third kappa shape index (κ3) is 3.90. The highest BCUT2D eigenvalue weighted by atomic mass is 32.1. The lowest BCUT2D eigenvalue weighted by Gasteiger charge is -2.16. The number of nitrogens with zero attached hydrogens (tertiary/aromatic N) is 4. The molecule has 0 N–H and O–H groups in total. The lowest BCUT2D eigenvalue weighted by Crippen LogP contribution is -2.04. The van der Waals surface area contributed by atoms with E-state index in [-0.39, 0.29) is 0 Å². The molecule has 0 radical (unpaired) electrons. The zero-order valence-electron chi connectivity index (χ0n) is 28.9. The minimum Gasteiger partial charge on any atom is -0.309 e. The smallest absolute Gasteiger partial charge is 0.104 e. The van der Waals surface area contributed by atoms with Gasteiger partial charge in [-0.15, -0.1) is 11.3 Å². The zero-order valence-corrected chi connectivity index (χ0v) is 29.7. The fourth-order valence-electron chi connectivity index (χ4n) is 9.01. The summed E-state index contributed by atoms with van der Waals surface area (Å²) in [6.07, 6.45) is 0. The Morgan fingerprint density at radius 3 is 1.41 bits per heavy atom. The molecular weight excluding hydrogens is 677 g/mol. The van der Waals surface area contributed by atoms with Gasteiger partial charge in [-0.1, -0.05) is 97.1 Å². The van der Waals surface area contributed by atoms with Crippen LogP contribution in [0.2, 0.25) is 0 Å². The van der Waals surface area contributed by atoms with Crippen LogP contribution in [0.5, 0.6) is 0 Å². The maximum Gasteiger partial charge on any atom is 0.104 e. The second-order valence-corrected chi connectivity index (χ2v) is 15.1. The summed E-state index contributed by atoms with van der Waals surface area (Å²) >= 11 is 1.84. The van der Waals surface area contributed by atoms with Crippen LogP contribution in [-0.4, -0.2) is 13.7 Å². The molecule has 0 saturated heterocycles. The average Bonchev–Trinajstić information content (AvgIpc) is 3.95. The maximum absolute atomic E-state index is 11.2. The number of aromatic nitrogens is 3. The Balaban J connectivity index is 1.18. The van der Waals surface area contributed by atoms with E-state index in [0.29, 0.717) is 5.56 Å². The molecular formula is C49H28N4S. The highest BCUT2D eigenvalue weighted by Crippen LogP contribution is 2.43. The van der Waals surface area contributed by atoms with Gasteiger partial charge in [0.2, 0.25) is 0 Å². The third-order valence-corrected chi connectivity index (χ3v) is 12.4. The lowest BCUT2D eigenvalue weighted by molar-refractivity contribution is 1.12.